The normalized spacial score (nSPS) is 16.6. The number of aromatic amines is 1. The summed E-state index contributed by atoms with van der Waals surface area (Å²) in [6.07, 6.45) is 7.99. The van der Waals surface area contributed by atoms with Crippen LogP contribution in [0.15, 0.2) is 65.7 Å². The molecule has 1 saturated heterocycles. The first-order valence-electron chi connectivity index (χ1n) is 13.2. The number of rotatable bonds is 6. The summed E-state index contributed by atoms with van der Waals surface area (Å²) >= 11 is 0. The minimum absolute atomic E-state index is 0.228. The van der Waals surface area contributed by atoms with Gasteiger partial charge in [-0.3, -0.25) is 4.79 Å². The fourth-order valence-corrected chi connectivity index (χ4v) is 5.38. The summed E-state index contributed by atoms with van der Waals surface area (Å²) in [5.74, 6) is 1.76. The lowest BCUT2D eigenvalue weighted by molar-refractivity contribution is 0.122. The van der Waals surface area contributed by atoms with E-state index in [1.165, 1.54) is 44.0 Å². The molecule has 6 rings (SSSR count). The zero-order chi connectivity index (χ0) is 25.0. The number of aromatic nitrogens is 3. The van der Waals surface area contributed by atoms with E-state index in [9.17, 15) is 4.79 Å². The SMILES string of the molecule is O=c1[nH]cnc2cc(Nc3ccc(C4CCCCC4)cc3)nc(Nc3ccc(N4CCOCC4)cc3)c12. The highest BCUT2D eigenvalue weighted by atomic mass is 16.5. The van der Waals surface area contributed by atoms with Crippen LogP contribution >= 0.6 is 0 Å². The molecule has 0 unspecified atom stereocenters. The van der Waals surface area contributed by atoms with Crippen molar-refractivity contribution in [2.45, 2.75) is 38.0 Å². The Kier molecular flexibility index (Phi) is 6.73. The van der Waals surface area contributed by atoms with Crippen molar-refractivity contribution in [3.63, 3.8) is 0 Å². The highest BCUT2D eigenvalue weighted by Crippen LogP contribution is 2.33. The first kappa shape index (κ1) is 23.5. The Hall–Kier alpha value is -3.91. The number of morpholine rings is 1. The molecule has 8 heteroatoms. The molecule has 4 aromatic rings. The van der Waals surface area contributed by atoms with Crippen molar-refractivity contribution in [3.05, 3.63) is 76.8 Å². The predicted octanol–water partition coefficient (Wildman–Crippen LogP) is 5.69. The van der Waals surface area contributed by atoms with Gasteiger partial charge in [0.25, 0.3) is 5.56 Å². The third-order valence-corrected chi connectivity index (χ3v) is 7.39. The van der Waals surface area contributed by atoms with Gasteiger partial charge in [-0.05, 0) is 60.7 Å². The molecule has 0 atom stereocenters. The summed E-state index contributed by atoms with van der Waals surface area (Å²) in [7, 11) is 0. The van der Waals surface area contributed by atoms with Crippen LogP contribution in [0.1, 0.15) is 43.6 Å². The molecule has 190 valence electrons. The number of nitrogens with one attached hydrogen (secondary N) is 3. The van der Waals surface area contributed by atoms with Crippen LogP contribution in [0.2, 0.25) is 0 Å². The fourth-order valence-electron chi connectivity index (χ4n) is 5.38. The van der Waals surface area contributed by atoms with Gasteiger partial charge in [-0.25, -0.2) is 9.97 Å². The molecule has 3 N–H and O–H groups in total. The summed E-state index contributed by atoms with van der Waals surface area (Å²) < 4.78 is 5.46. The number of hydrogen-bond acceptors (Lipinski definition) is 7. The van der Waals surface area contributed by atoms with Gasteiger partial charge in [0.1, 0.15) is 17.0 Å². The Bertz CT molecular complexity index is 1410. The topological polar surface area (TPSA) is 95.2 Å². The summed E-state index contributed by atoms with van der Waals surface area (Å²) in [6, 6.07) is 18.6. The molecular formula is C29H32N6O2. The molecule has 2 aromatic carbocycles. The second-order valence-electron chi connectivity index (χ2n) is 9.84. The number of ether oxygens (including phenoxy) is 1. The fraction of sp³-hybridized carbons (Fsp3) is 0.345. The molecule has 3 heterocycles. The summed E-state index contributed by atoms with van der Waals surface area (Å²) in [5, 5.41) is 7.17. The van der Waals surface area contributed by atoms with Gasteiger partial charge in [0.15, 0.2) is 0 Å². The van der Waals surface area contributed by atoms with Gasteiger partial charge in [-0.1, -0.05) is 31.4 Å². The van der Waals surface area contributed by atoms with E-state index in [2.05, 4.69) is 61.9 Å². The van der Waals surface area contributed by atoms with Gasteiger partial charge >= 0.3 is 0 Å². The van der Waals surface area contributed by atoms with Crippen molar-refractivity contribution in [2.75, 3.05) is 41.8 Å². The summed E-state index contributed by atoms with van der Waals surface area (Å²) in [5.41, 5.74) is 4.71. The molecule has 0 amide bonds. The highest BCUT2D eigenvalue weighted by Gasteiger charge is 2.16. The molecule has 1 aliphatic carbocycles. The van der Waals surface area contributed by atoms with Gasteiger partial charge in [0, 0.05) is 36.2 Å². The Morgan fingerprint density at radius 1 is 0.892 bits per heavy atom. The number of nitrogens with zero attached hydrogens (tertiary/aromatic N) is 3. The average molecular weight is 497 g/mol. The Balaban J connectivity index is 1.25. The van der Waals surface area contributed by atoms with Crippen molar-refractivity contribution in [1.29, 1.82) is 0 Å². The molecule has 0 bridgehead atoms. The number of hydrogen-bond donors (Lipinski definition) is 3. The minimum atomic E-state index is -0.228. The first-order chi connectivity index (χ1) is 18.2. The highest BCUT2D eigenvalue weighted by molar-refractivity contribution is 5.92. The predicted molar refractivity (Wildman–Crippen MR) is 148 cm³/mol. The van der Waals surface area contributed by atoms with Crippen LogP contribution in [0.25, 0.3) is 10.9 Å². The molecular weight excluding hydrogens is 464 g/mol. The molecule has 1 saturated carbocycles. The van der Waals surface area contributed by atoms with Crippen LogP contribution < -0.4 is 21.1 Å². The van der Waals surface area contributed by atoms with E-state index in [1.807, 2.05) is 18.2 Å². The van der Waals surface area contributed by atoms with Gasteiger partial charge in [-0.15, -0.1) is 0 Å². The van der Waals surface area contributed by atoms with Crippen LogP contribution in [0.3, 0.4) is 0 Å². The van der Waals surface area contributed by atoms with E-state index in [-0.39, 0.29) is 5.56 Å². The molecule has 0 spiro atoms. The van der Waals surface area contributed by atoms with Crippen molar-refractivity contribution in [2.24, 2.45) is 0 Å². The van der Waals surface area contributed by atoms with Gasteiger partial charge in [0.05, 0.1) is 25.1 Å². The number of pyridine rings is 1. The van der Waals surface area contributed by atoms with Gasteiger partial charge in [-0.2, -0.15) is 0 Å². The summed E-state index contributed by atoms with van der Waals surface area (Å²) in [6.45, 7) is 3.26. The van der Waals surface area contributed by atoms with Crippen molar-refractivity contribution < 1.29 is 4.74 Å². The third-order valence-electron chi connectivity index (χ3n) is 7.39. The van der Waals surface area contributed by atoms with Crippen molar-refractivity contribution in [1.82, 2.24) is 15.0 Å². The van der Waals surface area contributed by atoms with Crippen LogP contribution in [0.5, 0.6) is 0 Å². The smallest absolute Gasteiger partial charge is 0.262 e. The maximum Gasteiger partial charge on any atom is 0.262 e. The monoisotopic (exact) mass is 496 g/mol. The number of benzene rings is 2. The molecule has 1 aliphatic heterocycles. The maximum absolute atomic E-state index is 12.7. The number of H-pyrrole nitrogens is 1. The van der Waals surface area contributed by atoms with E-state index < -0.39 is 0 Å². The van der Waals surface area contributed by atoms with Crippen LogP contribution in [-0.2, 0) is 4.74 Å². The second kappa shape index (κ2) is 10.6. The van der Waals surface area contributed by atoms with E-state index in [0.717, 1.165) is 43.4 Å². The standard InChI is InChI=1S/C29H32N6O2/c36-29-27-25(30-19-31-29)18-26(32-22-8-6-21(7-9-22)20-4-2-1-3-5-20)34-28(27)33-23-10-12-24(13-11-23)35-14-16-37-17-15-35/h6-13,18-20H,1-5,14-17H2,(H,30,31,36)(H2,32,33,34). The number of anilines is 5. The minimum Gasteiger partial charge on any atom is -0.378 e. The van der Waals surface area contributed by atoms with E-state index in [1.54, 1.807) is 0 Å². The van der Waals surface area contributed by atoms with E-state index in [0.29, 0.717) is 28.5 Å². The quantitative estimate of drug-likeness (QED) is 0.316. The molecule has 0 radical (unpaired) electrons. The molecule has 2 fully saturated rings. The Morgan fingerprint density at radius 3 is 2.35 bits per heavy atom. The average Bonchev–Trinajstić information content (AvgIpc) is 2.95. The van der Waals surface area contributed by atoms with E-state index in [4.69, 9.17) is 9.72 Å². The first-order valence-corrected chi connectivity index (χ1v) is 13.2. The van der Waals surface area contributed by atoms with Gasteiger partial charge < -0.3 is 25.3 Å². The van der Waals surface area contributed by atoms with Crippen LogP contribution in [0, 0.1) is 0 Å². The maximum atomic E-state index is 12.7. The van der Waals surface area contributed by atoms with Crippen molar-refractivity contribution in [3.8, 4) is 0 Å². The lowest BCUT2D eigenvalue weighted by atomic mass is 9.84. The Labute approximate surface area is 216 Å². The third kappa shape index (κ3) is 5.29. The lowest BCUT2D eigenvalue weighted by Crippen LogP contribution is -2.36. The molecule has 2 aliphatic rings. The zero-order valence-corrected chi connectivity index (χ0v) is 20.9. The Morgan fingerprint density at radius 2 is 1.59 bits per heavy atom. The van der Waals surface area contributed by atoms with E-state index >= 15 is 0 Å². The summed E-state index contributed by atoms with van der Waals surface area (Å²) in [4.78, 5) is 26.8. The van der Waals surface area contributed by atoms with Crippen LogP contribution in [-0.4, -0.2) is 41.3 Å². The molecule has 37 heavy (non-hydrogen) atoms. The lowest BCUT2D eigenvalue weighted by Gasteiger charge is -2.28. The van der Waals surface area contributed by atoms with Crippen LogP contribution in [0.4, 0.5) is 28.7 Å². The number of fused-ring (bicyclic) bond motifs is 1. The zero-order valence-electron chi connectivity index (χ0n) is 20.9. The largest absolute Gasteiger partial charge is 0.378 e. The molecule has 8 nitrogen and oxygen atoms in total. The second-order valence-corrected chi connectivity index (χ2v) is 9.84. The van der Waals surface area contributed by atoms with Crippen molar-refractivity contribution >= 4 is 39.6 Å². The van der Waals surface area contributed by atoms with Gasteiger partial charge in [0.2, 0.25) is 0 Å². The molecule has 2 aromatic heterocycles.